The first kappa shape index (κ1) is 19.3. The molecule has 0 radical (unpaired) electrons. The van der Waals surface area contributed by atoms with E-state index in [-0.39, 0.29) is 12.2 Å². The molecule has 0 spiro atoms. The Morgan fingerprint density at radius 2 is 1.71 bits per heavy atom. The molecule has 5 nitrogen and oxygen atoms in total. The van der Waals surface area contributed by atoms with Gasteiger partial charge in [-0.1, -0.05) is 60.7 Å². The number of hydrogen-bond acceptors (Lipinski definition) is 4. The number of aliphatic hydroxyl groups is 1. The van der Waals surface area contributed by atoms with E-state index in [1.54, 1.807) is 42.2 Å². The first-order valence-corrected chi connectivity index (χ1v) is 10.2. The summed E-state index contributed by atoms with van der Waals surface area (Å²) in [6.45, 7) is 2.04. The van der Waals surface area contributed by atoms with Crippen LogP contribution in [0.4, 0.5) is 5.69 Å². The highest BCUT2D eigenvalue weighted by atomic mass is 16.3. The van der Waals surface area contributed by atoms with E-state index >= 15 is 0 Å². The first-order chi connectivity index (χ1) is 15.0. The second-order valence-electron chi connectivity index (χ2n) is 7.92. The van der Waals surface area contributed by atoms with Gasteiger partial charge in [-0.15, -0.1) is 0 Å². The third-order valence-electron chi connectivity index (χ3n) is 5.88. The molecular formula is C26H21NO4. The number of benzene rings is 3. The number of rotatable bonds is 5. The van der Waals surface area contributed by atoms with E-state index in [9.17, 15) is 14.7 Å². The molecule has 0 saturated heterocycles. The number of aryl methyl sites for hydroxylation is 1. The summed E-state index contributed by atoms with van der Waals surface area (Å²) in [5.74, 6) is -0.168. The molecule has 1 atom stereocenters. The number of carbonyl (C=O) groups is 2. The van der Waals surface area contributed by atoms with Crippen LogP contribution in [0.25, 0.3) is 10.8 Å². The van der Waals surface area contributed by atoms with E-state index in [1.165, 1.54) is 0 Å². The van der Waals surface area contributed by atoms with Gasteiger partial charge >= 0.3 is 0 Å². The van der Waals surface area contributed by atoms with E-state index in [0.717, 1.165) is 16.3 Å². The van der Waals surface area contributed by atoms with Crippen molar-refractivity contribution < 1.29 is 19.1 Å². The Balaban J connectivity index is 1.53. The molecule has 1 N–H and O–H groups in total. The third-order valence-corrected chi connectivity index (χ3v) is 5.88. The number of nitrogens with zero attached hydrogens (tertiary/aromatic N) is 1. The Bertz CT molecular complexity index is 1320. The molecule has 1 aliphatic rings. The van der Waals surface area contributed by atoms with Gasteiger partial charge in [0.05, 0.1) is 18.7 Å². The topological polar surface area (TPSA) is 70.8 Å². The second kappa shape index (κ2) is 7.22. The van der Waals surface area contributed by atoms with Crippen LogP contribution in [0.2, 0.25) is 0 Å². The number of amides is 1. The molecule has 0 saturated carbocycles. The fourth-order valence-corrected chi connectivity index (χ4v) is 4.34. The van der Waals surface area contributed by atoms with Gasteiger partial charge in [0.25, 0.3) is 5.91 Å². The number of anilines is 1. The number of Topliss-reactive ketones (excluding diaryl/α,β-unsaturated/α-hetero) is 1. The lowest BCUT2D eigenvalue weighted by atomic mass is 9.89. The zero-order valence-corrected chi connectivity index (χ0v) is 17.0. The molecule has 0 aliphatic carbocycles. The highest BCUT2D eigenvalue weighted by molar-refractivity contribution is 6.10. The van der Waals surface area contributed by atoms with Crippen LogP contribution in [0.5, 0.6) is 0 Å². The third kappa shape index (κ3) is 3.14. The van der Waals surface area contributed by atoms with Gasteiger partial charge in [0.1, 0.15) is 5.76 Å². The highest BCUT2D eigenvalue weighted by Gasteiger charge is 2.51. The predicted molar refractivity (Wildman–Crippen MR) is 118 cm³/mol. The number of ketones is 1. The molecule has 5 rings (SSSR count). The SMILES string of the molecule is Cc1ccc(C(=O)C[C@@]2(O)C(=O)N(Cc3cccc4ccccc34)c3ccccc32)o1. The van der Waals surface area contributed by atoms with Crippen molar-refractivity contribution in [2.45, 2.75) is 25.5 Å². The van der Waals surface area contributed by atoms with Gasteiger partial charge in [-0.05, 0) is 41.5 Å². The summed E-state index contributed by atoms with van der Waals surface area (Å²) in [6, 6.07) is 24.3. The molecule has 2 heterocycles. The van der Waals surface area contributed by atoms with Crippen molar-refractivity contribution in [2.75, 3.05) is 4.90 Å². The number of carbonyl (C=O) groups excluding carboxylic acids is 2. The van der Waals surface area contributed by atoms with Gasteiger partial charge in [-0.3, -0.25) is 9.59 Å². The largest absolute Gasteiger partial charge is 0.458 e. The quantitative estimate of drug-likeness (QED) is 0.481. The lowest BCUT2D eigenvalue weighted by Crippen LogP contribution is -2.41. The lowest BCUT2D eigenvalue weighted by Gasteiger charge is -2.23. The Labute approximate surface area is 179 Å². The van der Waals surface area contributed by atoms with Crippen molar-refractivity contribution in [3.05, 3.63) is 102 Å². The van der Waals surface area contributed by atoms with Crippen molar-refractivity contribution in [1.29, 1.82) is 0 Å². The molecular weight excluding hydrogens is 390 g/mol. The molecule has 1 aliphatic heterocycles. The number of para-hydroxylation sites is 1. The summed E-state index contributed by atoms with van der Waals surface area (Å²) in [5.41, 5.74) is 0.0978. The standard InChI is InChI=1S/C26H21NO4/c1-17-13-14-24(31-17)23(28)15-26(30)21-11-4-5-12-22(21)27(25(26)29)16-19-9-6-8-18-7-2-3-10-20(18)19/h2-14,30H,15-16H2,1H3/t26-/m0/s1. The average Bonchev–Trinajstić information content (AvgIpc) is 3.30. The van der Waals surface area contributed by atoms with Gasteiger partial charge in [-0.25, -0.2) is 0 Å². The fraction of sp³-hybridized carbons (Fsp3) is 0.154. The zero-order valence-electron chi connectivity index (χ0n) is 17.0. The highest BCUT2D eigenvalue weighted by Crippen LogP contribution is 2.44. The van der Waals surface area contributed by atoms with Gasteiger partial charge in [-0.2, -0.15) is 0 Å². The minimum Gasteiger partial charge on any atom is -0.458 e. The Morgan fingerprint density at radius 1 is 0.968 bits per heavy atom. The molecule has 3 aromatic carbocycles. The molecule has 5 heteroatoms. The van der Waals surface area contributed by atoms with Crippen LogP contribution in [0.15, 0.2) is 83.3 Å². The summed E-state index contributed by atoms with van der Waals surface area (Å²) in [5, 5.41) is 13.6. The number of fused-ring (bicyclic) bond motifs is 2. The van der Waals surface area contributed by atoms with Crippen LogP contribution >= 0.6 is 0 Å². The van der Waals surface area contributed by atoms with E-state index in [1.807, 2.05) is 48.5 Å². The monoisotopic (exact) mass is 411 g/mol. The maximum absolute atomic E-state index is 13.5. The Morgan fingerprint density at radius 3 is 2.52 bits per heavy atom. The normalized spacial score (nSPS) is 17.9. The molecule has 1 aromatic heterocycles. The van der Waals surface area contributed by atoms with Crippen LogP contribution in [-0.2, 0) is 16.9 Å². The Hall–Kier alpha value is -3.70. The van der Waals surface area contributed by atoms with Crippen LogP contribution in [0.1, 0.15) is 33.9 Å². The van der Waals surface area contributed by atoms with Gasteiger partial charge in [0.15, 0.2) is 11.4 Å². The lowest BCUT2D eigenvalue weighted by molar-refractivity contribution is -0.136. The summed E-state index contributed by atoms with van der Waals surface area (Å²) in [6.07, 6.45) is -0.373. The molecule has 154 valence electrons. The maximum atomic E-state index is 13.5. The molecule has 4 aromatic rings. The average molecular weight is 411 g/mol. The fourth-order valence-electron chi connectivity index (χ4n) is 4.34. The minimum atomic E-state index is -1.93. The van der Waals surface area contributed by atoms with Gasteiger partial charge < -0.3 is 14.4 Å². The van der Waals surface area contributed by atoms with Crippen molar-refractivity contribution >= 4 is 28.2 Å². The summed E-state index contributed by atoms with van der Waals surface area (Å²) >= 11 is 0. The molecule has 0 unspecified atom stereocenters. The van der Waals surface area contributed by atoms with E-state index in [4.69, 9.17) is 4.42 Å². The smallest absolute Gasteiger partial charge is 0.264 e. The van der Waals surface area contributed by atoms with Crippen LogP contribution in [0, 0.1) is 6.92 Å². The predicted octanol–water partition coefficient (Wildman–Crippen LogP) is 4.75. The van der Waals surface area contributed by atoms with Crippen molar-refractivity contribution in [2.24, 2.45) is 0 Å². The summed E-state index contributed by atoms with van der Waals surface area (Å²) in [7, 11) is 0. The van der Waals surface area contributed by atoms with Crippen molar-refractivity contribution in [1.82, 2.24) is 0 Å². The van der Waals surface area contributed by atoms with Crippen LogP contribution < -0.4 is 4.90 Å². The van der Waals surface area contributed by atoms with Crippen molar-refractivity contribution in [3.8, 4) is 0 Å². The van der Waals surface area contributed by atoms with Gasteiger partial charge in [0, 0.05) is 5.56 Å². The van der Waals surface area contributed by atoms with Crippen molar-refractivity contribution in [3.63, 3.8) is 0 Å². The Kier molecular flexibility index (Phi) is 4.49. The van der Waals surface area contributed by atoms with E-state index in [2.05, 4.69) is 0 Å². The summed E-state index contributed by atoms with van der Waals surface area (Å²) in [4.78, 5) is 27.8. The maximum Gasteiger partial charge on any atom is 0.264 e. The minimum absolute atomic E-state index is 0.142. The zero-order chi connectivity index (χ0) is 21.6. The summed E-state index contributed by atoms with van der Waals surface area (Å²) < 4.78 is 5.41. The molecule has 0 fully saturated rings. The molecule has 0 bridgehead atoms. The van der Waals surface area contributed by atoms with E-state index in [0.29, 0.717) is 23.6 Å². The van der Waals surface area contributed by atoms with Crippen LogP contribution in [0.3, 0.4) is 0 Å². The second-order valence-corrected chi connectivity index (χ2v) is 7.92. The van der Waals surface area contributed by atoms with Gasteiger partial charge in [0.2, 0.25) is 5.78 Å². The number of hydrogen-bond donors (Lipinski definition) is 1. The first-order valence-electron chi connectivity index (χ1n) is 10.2. The van der Waals surface area contributed by atoms with Crippen LogP contribution in [-0.4, -0.2) is 16.8 Å². The number of furan rings is 1. The van der Waals surface area contributed by atoms with E-state index < -0.39 is 17.3 Å². The molecule has 1 amide bonds. The molecule has 31 heavy (non-hydrogen) atoms.